The highest BCUT2D eigenvalue weighted by Gasteiger charge is 2.28. The van der Waals surface area contributed by atoms with E-state index in [-0.39, 0.29) is 17.5 Å². The number of amides is 1. The molecule has 6 nitrogen and oxygen atoms in total. The summed E-state index contributed by atoms with van der Waals surface area (Å²) < 4.78 is 0. The van der Waals surface area contributed by atoms with E-state index in [9.17, 15) is 9.59 Å². The van der Waals surface area contributed by atoms with E-state index in [1.807, 2.05) is 0 Å². The van der Waals surface area contributed by atoms with Crippen molar-refractivity contribution in [1.29, 1.82) is 0 Å². The zero-order chi connectivity index (χ0) is 13.1. The van der Waals surface area contributed by atoms with Crippen LogP contribution in [0.25, 0.3) is 0 Å². The first-order valence-corrected chi connectivity index (χ1v) is 5.74. The van der Waals surface area contributed by atoms with Gasteiger partial charge in [0.25, 0.3) is 0 Å². The smallest absolute Gasteiger partial charge is 0.337 e. The van der Waals surface area contributed by atoms with E-state index in [1.165, 1.54) is 12.3 Å². The molecule has 1 aliphatic rings. The fourth-order valence-corrected chi connectivity index (χ4v) is 1.90. The highest BCUT2D eigenvalue weighted by atomic mass is 16.4. The van der Waals surface area contributed by atoms with E-state index in [4.69, 9.17) is 5.11 Å². The number of carboxylic acids is 1. The second-order valence-corrected chi connectivity index (χ2v) is 4.33. The number of hydrogen-bond acceptors (Lipinski definition) is 4. The number of carbonyl (C=O) groups is 2. The number of aromatic nitrogens is 1. The molecule has 1 fully saturated rings. The van der Waals surface area contributed by atoms with Gasteiger partial charge in [0.05, 0.1) is 17.3 Å². The Morgan fingerprint density at radius 3 is 2.89 bits per heavy atom. The zero-order valence-corrected chi connectivity index (χ0v) is 10.1. The van der Waals surface area contributed by atoms with Gasteiger partial charge in [-0.3, -0.25) is 9.78 Å². The summed E-state index contributed by atoms with van der Waals surface area (Å²) in [6, 6.07) is 3.00. The Labute approximate surface area is 105 Å². The summed E-state index contributed by atoms with van der Waals surface area (Å²) >= 11 is 0. The number of aromatic carboxylic acids is 1. The second-order valence-electron chi connectivity index (χ2n) is 4.33. The van der Waals surface area contributed by atoms with E-state index in [0.29, 0.717) is 6.54 Å². The van der Waals surface area contributed by atoms with Crippen molar-refractivity contribution < 1.29 is 14.7 Å². The Balaban J connectivity index is 1.91. The van der Waals surface area contributed by atoms with Gasteiger partial charge in [0.2, 0.25) is 5.91 Å². The fraction of sp³-hybridized carbons (Fsp3) is 0.417. The van der Waals surface area contributed by atoms with Gasteiger partial charge >= 0.3 is 5.97 Å². The van der Waals surface area contributed by atoms with Crippen LogP contribution in [0, 0.1) is 0 Å². The Bertz CT molecular complexity index is 458. The molecule has 0 aliphatic carbocycles. The van der Waals surface area contributed by atoms with Crippen LogP contribution < -0.4 is 5.32 Å². The number of nitrogens with zero attached hydrogens (tertiary/aromatic N) is 2. The monoisotopic (exact) mass is 249 g/mol. The van der Waals surface area contributed by atoms with Gasteiger partial charge in [0.1, 0.15) is 0 Å². The Morgan fingerprint density at radius 1 is 1.61 bits per heavy atom. The highest BCUT2D eigenvalue weighted by molar-refractivity contribution is 5.87. The van der Waals surface area contributed by atoms with Crippen LogP contribution in [0.5, 0.6) is 0 Å². The molecule has 1 aromatic rings. The molecule has 1 unspecified atom stereocenters. The summed E-state index contributed by atoms with van der Waals surface area (Å²) in [5, 5.41) is 11.9. The second kappa shape index (κ2) is 5.14. The summed E-state index contributed by atoms with van der Waals surface area (Å²) in [6.45, 7) is 1.23. The van der Waals surface area contributed by atoms with Crippen LogP contribution in [0.3, 0.4) is 0 Å². The molecule has 1 amide bonds. The quantitative estimate of drug-likeness (QED) is 0.790. The number of nitrogens with one attached hydrogen (secondary N) is 1. The lowest BCUT2D eigenvalue weighted by Gasteiger charge is -2.11. The number of pyridine rings is 1. The minimum Gasteiger partial charge on any atom is -0.478 e. The summed E-state index contributed by atoms with van der Waals surface area (Å²) in [6.07, 6.45) is 2.12. The number of likely N-dealkylation sites (tertiary alicyclic amines) is 1. The Hall–Kier alpha value is -1.95. The average Bonchev–Trinajstić information content (AvgIpc) is 2.68. The van der Waals surface area contributed by atoms with Crippen molar-refractivity contribution in [2.75, 3.05) is 13.6 Å². The molecular weight excluding hydrogens is 234 g/mol. The first-order chi connectivity index (χ1) is 8.58. The SMILES string of the molecule is CN1CCC(NCc2ccc(C(=O)O)cn2)C1=O. The first-order valence-electron chi connectivity index (χ1n) is 5.74. The molecule has 2 heterocycles. The van der Waals surface area contributed by atoms with Crippen LogP contribution in [0.2, 0.25) is 0 Å². The Kier molecular flexibility index (Phi) is 3.57. The van der Waals surface area contributed by atoms with Crippen molar-refractivity contribution in [3.63, 3.8) is 0 Å². The lowest BCUT2D eigenvalue weighted by atomic mass is 10.2. The molecule has 1 atom stereocenters. The number of likely N-dealkylation sites (N-methyl/N-ethyl adjacent to an activating group) is 1. The van der Waals surface area contributed by atoms with Gasteiger partial charge < -0.3 is 15.3 Å². The van der Waals surface area contributed by atoms with Crippen molar-refractivity contribution in [3.8, 4) is 0 Å². The molecule has 2 rings (SSSR count). The normalized spacial score (nSPS) is 19.3. The molecule has 1 saturated heterocycles. The minimum atomic E-state index is -0.991. The van der Waals surface area contributed by atoms with Crippen LogP contribution in [0.1, 0.15) is 22.5 Å². The van der Waals surface area contributed by atoms with Gasteiger partial charge in [-0.25, -0.2) is 4.79 Å². The van der Waals surface area contributed by atoms with E-state index >= 15 is 0 Å². The van der Waals surface area contributed by atoms with E-state index in [2.05, 4.69) is 10.3 Å². The molecule has 2 N–H and O–H groups in total. The molecule has 1 aliphatic heterocycles. The van der Waals surface area contributed by atoms with Gasteiger partial charge in [-0.2, -0.15) is 0 Å². The first kappa shape index (κ1) is 12.5. The summed E-state index contributed by atoms with van der Waals surface area (Å²) in [5.41, 5.74) is 0.887. The molecule has 0 aromatic carbocycles. The van der Waals surface area contributed by atoms with E-state index in [0.717, 1.165) is 18.7 Å². The molecule has 18 heavy (non-hydrogen) atoms. The van der Waals surface area contributed by atoms with Crippen molar-refractivity contribution in [3.05, 3.63) is 29.6 Å². The predicted octanol–water partition coefficient (Wildman–Crippen LogP) is 0.100. The molecule has 96 valence electrons. The van der Waals surface area contributed by atoms with Crippen LogP contribution in [0.15, 0.2) is 18.3 Å². The lowest BCUT2D eigenvalue weighted by Crippen LogP contribution is -2.36. The number of carboxylic acid groups (broad SMARTS) is 1. The molecule has 0 spiro atoms. The van der Waals surface area contributed by atoms with Gasteiger partial charge in [-0.1, -0.05) is 0 Å². The number of hydrogen-bond donors (Lipinski definition) is 2. The van der Waals surface area contributed by atoms with Crippen molar-refractivity contribution in [1.82, 2.24) is 15.2 Å². The topological polar surface area (TPSA) is 82.5 Å². The summed E-state index contributed by atoms with van der Waals surface area (Å²) in [7, 11) is 1.78. The summed E-state index contributed by atoms with van der Waals surface area (Å²) in [5.74, 6) is -0.897. The maximum absolute atomic E-state index is 11.6. The average molecular weight is 249 g/mol. The molecule has 6 heteroatoms. The van der Waals surface area contributed by atoms with Crippen LogP contribution in [-0.4, -0.2) is 46.5 Å². The van der Waals surface area contributed by atoms with E-state index < -0.39 is 5.97 Å². The van der Waals surface area contributed by atoms with E-state index in [1.54, 1.807) is 18.0 Å². The molecule has 0 radical (unpaired) electrons. The largest absolute Gasteiger partial charge is 0.478 e. The maximum Gasteiger partial charge on any atom is 0.337 e. The van der Waals surface area contributed by atoms with Crippen molar-refractivity contribution in [2.24, 2.45) is 0 Å². The molecule has 0 bridgehead atoms. The van der Waals surface area contributed by atoms with Crippen molar-refractivity contribution in [2.45, 2.75) is 19.0 Å². The van der Waals surface area contributed by atoms with Gasteiger partial charge in [-0.15, -0.1) is 0 Å². The predicted molar refractivity (Wildman–Crippen MR) is 64.1 cm³/mol. The highest BCUT2D eigenvalue weighted by Crippen LogP contribution is 2.09. The standard InChI is InChI=1S/C12H15N3O3/c1-15-5-4-10(11(15)16)14-7-9-3-2-8(6-13-9)12(17)18/h2-3,6,10,14H,4-5,7H2,1H3,(H,17,18). The summed E-state index contributed by atoms with van der Waals surface area (Å²) in [4.78, 5) is 28.0. The molecule has 1 aromatic heterocycles. The maximum atomic E-state index is 11.6. The van der Waals surface area contributed by atoms with Gasteiger partial charge in [0, 0.05) is 26.3 Å². The third kappa shape index (κ3) is 2.65. The zero-order valence-electron chi connectivity index (χ0n) is 10.1. The Morgan fingerprint density at radius 2 is 2.39 bits per heavy atom. The molecular formula is C12H15N3O3. The minimum absolute atomic E-state index is 0.0946. The number of rotatable bonds is 4. The van der Waals surface area contributed by atoms with Crippen LogP contribution in [0.4, 0.5) is 0 Å². The van der Waals surface area contributed by atoms with Gasteiger partial charge in [0.15, 0.2) is 0 Å². The van der Waals surface area contributed by atoms with Crippen molar-refractivity contribution >= 4 is 11.9 Å². The lowest BCUT2D eigenvalue weighted by molar-refractivity contribution is -0.128. The third-order valence-corrected chi connectivity index (χ3v) is 3.03. The van der Waals surface area contributed by atoms with Crippen LogP contribution in [-0.2, 0) is 11.3 Å². The fourth-order valence-electron chi connectivity index (χ4n) is 1.90. The van der Waals surface area contributed by atoms with Crippen LogP contribution >= 0.6 is 0 Å². The third-order valence-electron chi connectivity index (χ3n) is 3.03. The van der Waals surface area contributed by atoms with Gasteiger partial charge in [-0.05, 0) is 18.6 Å². The molecule has 0 saturated carbocycles. The number of carbonyl (C=O) groups excluding carboxylic acids is 1.